The molecular weight excluding hydrogens is 1190 g/mol. The molecule has 12 nitrogen and oxygen atoms in total. The summed E-state index contributed by atoms with van der Waals surface area (Å²) in [6.07, 6.45) is 7.10. The highest BCUT2D eigenvalue weighted by atomic mass is 127. The van der Waals surface area contributed by atoms with Crippen molar-refractivity contribution in [3.63, 3.8) is 0 Å². The van der Waals surface area contributed by atoms with Crippen LogP contribution in [-0.4, -0.2) is 134 Å². The van der Waals surface area contributed by atoms with E-state index in [2.05, 4.69) is 151 Å². The molecule has 1 N–H and O–H groups in total. The average molecular weight is 1300 g/mol. The van der Waals surface area contributed by atoms with E-state index in [0.29, 0.717) is 38.4 Å². The topological polar surface area (TPSA) is 137 Å². The molecule has 6 saturated heterocycles. The second-order valence-corrected chi connectivity index (χ2v) is 41.0. The second kappa shape index (κ2) is 28.1. The Morgan fingerprint density at radius 1 is 0.790 bits per heavy atom. The molecule has 6 aliphatic rings. The molecule has 81 heavy (non-hydrogen) atoms. The third kappa shape index (κ3) is 16.3. The fraction of sp³-hybridized carbons (Fsp3) is 0.815. The summed E-state index contributed by atoms with van der Waals surface area (Å²) >= 11 is 2.30. The van der Waals surface area contributed by atoms with Crippen LogP contribution in [0.1, 0.15) is 166 Å². The van der Waals surface area contributed by atoms with E-state index in [0.717, 1.165) is 74.5 Å². The van der Waals surface area contributed by atoms with E-state index >= 15 is 8.42 Å². The summed E-state index contributed by atoms with van der Waals surface area (Å²) in [6, 6.07) is 7.28. The number of aryl methyl sites for hydroxylation is 1. The van der Waals surface area contributed by atoms with Gasteiger partial charge in [0.05, 0.1) is 96.6 Å². The first-order valence-corrected chi connectivity index (χ1v) is 40.0. The van der Waals surface area contributed by atoms with E-state index in [-0.39, 0.29) is 106 Å². The molecule has 6 fully saturated rings. The molecule has 1 aromatic carbocycles. The van der Waals surface area contributed by atoms with Gasteiger partial charge in [-0.05, 0) is 151 Å². The van der Waals surface area contributed by atoms with Crippen LogP contribution in [0.3, 0.4) is 0 Å². The van der Waals surface area contributed by atoms with Gasteiger partial charge in [-0.3, -0.25) is 0 Å². The van der Waals surface area contributed by atoms with Crippen LogP contribution in [0.15, 0.2) is 63.6 Å². The third-order valence-corrected chi connectivity index (χ3v) is 32.4. The van der Waals surface area contributed by atoms with E-state index in [9.17, 15) is 5.11 Å². The van der Waals surface area contributed by atoms with Gasteiger partial charge >= 0.3 is 0 Å². The molecule has 0 spiro atoms. The lowest BCUT2D eigenvalue weighted by Gasteiger charge is -2.54. The fourth-order valence-electron chi connectivity index (χ4n) is 13.2. The van der Waals surface area contributed by atoms with E-state index in [1.807, 2.05) is 16.2 Å². The number of ether oxygens (including phenoxy) is 7. The number of aliphatic hydroxyl groups is 1. The maximum Gasteiger partial charge on any atom is 0.193 e. The first-order chi connectivity index (χ1) is 37.9. The van der Waals surface area contributed by atoms with Crippen LogP contribution in [0.5, 0.6) is 0 Å². The highest BCUT2D eigenvalue weighted by Crippen LogP contribution is 2.49. The molecule has 0 radical (unpaired) electrons. The normalized spacial score (nSPS) is 34.7. The molecule has 7 rings (SSSR count). The number of fused-ring (bicyclic) bond motifs is 1. The van der Waals surface area contributed by atoms with Gasteiger partial charge in [0.1, 0.15) is 6.10 Å². The van der Waals surface area contributed by atoms with Crippen molar-refractivity contribution < 1.29 is 55.5 Å². The average Bonchev–Trinajstić information content (AvgIpc) is 4.37. The lowest BCUT2D eigenvalue weighted by Crippen LogP contribution is -2.64. The summed E-state index contributed by atoms with van der Waals surface area (Å²) in [4.78, 5) is 0.218. The zero-order valence-corrected chi connectivity index (χ0v) is 57.7. The molecule has 0 aromatic heterocycles. The number of sulfone groups is 1. The monoisotopic (exact) mass is 1300 g/mol. The molecule has 6 heterocycles. The maximum absolute atomic E-state index is 15.8. The predicted molar refractivity (Wildman–Crippen MR) is 339 cm³/mol. The number of hydrogen-bond donors (Lipinski definition) is 1. The van der Waals surface area contributed by atoms with Crippen molar-refractivity contribution in [2.24, 2.45) is 29.6 Å². The molecule has 16 heteroatoms. The van der Waals surface area contributed by atoms with Gasteiger partial charge in [0.2, 0.25) is 0 Å². The number of aliphatic hydroxyl groups excluding tert-OH is 1. The molecule has 0 bridgehead atoms. The Bertz CT molecular complexity index is 2350. The van der Waals surface area contributed by atoms with Crippen LogP contribution < -0.4 is 0 Å². The molecule has 6 aliphatic heterocycles. The van der Waals surface area contributed by atoms with Crippen molar-refractivity contribution in [2.75, 3.05) is 13.2 Å². The third-order valence-electron chi connectivity index (χ3n) is 20.8. The van der Waals surface area contributed by atoms with Crippen LogP contribution in [-0.2, 0) is 58.3 Å². The minimum Gasteiger partial charge on any atom is -0.411 e. The maximum atomic E-state index is 15.8. The number of hydrogen-bond acceptors (Lipinski definition) is 12. The quantitative estimate of drug-likeness (QED) is 0.0599. The molecule has 462 valence electrons. The van der Waals surface area contributed by atoms with E-state index in [1.54, 1.807) is 12.1 Å². The minimum atomic E-state index is -4.16. The van der Waals surface area contributed by atoms with Crippen LogP contribution in [0.2, 0.25) is 36.3 Å². The summed E-state index contributed by atoms with van der Waals surface area (Å²) < 4.78 is 95.0. The summed E-state index contributed by atoms with van der Waals surface area (Å²) in [7, 11) is -8.79. The van der Waals surface area contributed by atoms with Crippen LogP contribution in [0.25, 0.3) is 0 Å². The highest BCUT2D eigenvalue weighted by molar-refractivity contribution is 14.1. The van der Waals surface area contributed by atoms with Gasteiger partial charge in [-0.2, -0.15) is 0 Å². The lowest BCUT2D eigenvalue weighted by atomic mass is 9.77. The van der Waals surface area contributed by atoms with Crippen molar-refractivity contribution in [2.45, 2.75) is 299 Å². The molecule has 19 atom stereocenters. The lowest BCUT2D eigenvalue weighted by molar-refractivity contribution is -0.253. The van der Waals surface area contributed by atoms with E-state index < -0.39 is 56.0 Å². The predicted octanol–water partition coefficient (Wildman–Crippen LogP) is 14.7. The number of rotatable bonds is 24. The first kappa shape index (κ1) is 67.7. The smallest absolute Gasteiger partial charge is 0.193 e. The Morgan fingerprint density at radius 3 is 2.05 bits per heavy atom. The van der Waals surface area contributed by atoms with Crippen molar-refractivity contribution in [1.29, 1.82) is 0 Å². The van der Waals surface area contributed by atoms with Crippen LogP contribution >= 0.6 is 22.6 Å². The van der Waals surface area contributed by atoms with Gasteiger partial charge in [0.15, 0.2) is 32.8 Å². The highest BCUT2D eigenvalue weighted by Gasteiger charge is 2.57. The van der Waals surface area contributed by atoms with Crippen LogP contribution in [0.4, 0.5) is 0 Å². The van der Waals surface area contributed by atoms with Crippen molar-refractivity contribution >= 4 is 49.1 Å². The summed E-state index contributed by atoms with van der Waals surface area (Å²) in [5.74, 6) is -0.274. The van der Waals surface area contributed by atoms with Gasteiger partial charge in [0.25, 0.3) is 0 Å². The first-order valence-electron chi connectivity index (χ1n) is 31.4. The van der Waals surface area contributed by atoms with Gasteiger partial charge in [-0.25, -0.2) is 8.42 Å². The molecule has 1 aromatic rings. The standard InChI is InChI=1S/C65H109IO12SSi2/c1-19-40(3)35-55-44(7)59(57(75-55)39-56-43(6)41(4)36-47(73-56)23-28-52-42(5)37-48(72-52)25-30-58-70-33-34-71-58)63(79(68,69)50-26-21-46(20-2)22-27-50)51(67)38-49-24-29-53-60(74-49)45(8)61(78-81(17,18)65(12,13)14)62(76-53)54(31-32-66)77-80(15,16)64(9,10)11/h21-22,26-27,31-32,40-41,44-45,47-49,51-63,67H,5-6,19-20,23-25,28-30,33-39H2,1-4,7-18H3/b32-31+/t40-,41-,44+,45+,47+,48+,49-,51?,52+,53+,54+,55-,56-,57+,59-,60-,61+,62+,63?/m1/s1. The molecule has 0 saturated carbocycles. The van der Waals surface area contributed by atoms with E-state index in [1.165, 1.54) is 0 Å². The van der Waals surface area contributed by atoms with Crippen molar-refractivity contribution in [1.82, 2.24) is 0 Å². The van der Waals surface area contributed by atoms with Crippen molar-refractivity contribution in [3.05, 3.63) is 64.3 Å². The minimum absolute atomic E-state index is 0.0134. The molecular formula is C65H109IO12SSi2. The summed E-state index contributed by atoms with van der Waals surface area (Å²) in [6.45, 7) is 46.3. The SMILES string of the molecule is C=C1C[C@H](CCC2OCCO2)O[C@H]1CC[C@H]1C[C@@H](C)C(=C)[C@@H](C[C@@H]2O[C@H](C[C@H](C)CC)[C@H](C)[C@H]2C(C(O)C[C@H]2CC[C@@H]3O[C@@H]([C@H](/C=C/I)O[Si](C)(C)C(C)(C)C)[C@@H](O[Si](C)(C)C(C)(C)C)[C@@H](C)[C@H]3O2)S(=O)(=O)c2ccc(CC)cc2)O1. The molecule has 2 unspecified atom stereocenters. The Kier molecular flexibility index (Phi) is 23.5. The fourth-order valence-corrected chi connectivity index (χ4v) is 18.5. The Morgan fingerprint density at radius 2 is 1.43 bits per heavy atom. The zero-order chi connectivity index (χ0) is 59.6. The van der Waals surface area contributed by atoms with Gasteiger partial charge in [0, 0.05) is 31.1 Å². The summed E-state index contributed by atoms with van der Waals surface area (Å²) in [5.41, 5.74) is 3.19. The Labute approximate surface area is 507 Å². The Hall–Kier alpha value is -0.846. The van der Waals surface area contributed by atoms with Gasteiger partial charge in [-0.15, -0.1) is 0 Å². The molecule has 0 aliphatic carbocycles. The number of halogens is 1. The number of benzene rings is 1. The van der Waals surface area contributed by atoms with Gasteiger partial charge < -0.3 is 47.1 Å². The second-order valence-electron chi connectivity index (χ2n) is 28.6. The van der Waals surface area contributed by atoms with E-state index in [4.69, 9.17) is 42.0 Å². The molecule has 0 amide bonds. The van der Waals surface area contributed by atoms with Crippen molar-refractivity contribution in [3.8, 4) is 0 Å². The Balaban J connectivity index is 1.15. The zero-order valence-electron chi connectivity index (χ0n) is 52.8. The largest absolute Gasteiger partial charge is 0.411 e. The summed E-state index contributed by atoms with van der Waals surface area (Å²) in [5, 5.41) is 11.9. The van der Waals surface area contributed by atoms with Gasteiger partial charge in [-0.1, -0.05) is 137 Å². The van der Waals surface area contributed by atoms with Crippen LogP contribution in [0, 0.1) is 29.6 Å².